The van der Waals surface area contributed by atoms with Gasteiger partial charge >= 0.3 is 0 Å². The summed E-state index contributed by atoms with van der Waals surface area (Å²) < 4.78 is 0. The van der Waals surface area contributed by atoms with E-state index in [0.717, 1.165) is 12.0 Å². The molecule has 0 aliphatic rings. The lowest BCUT2D eigenvalue weighted by Crippen LogP contribution is -2.02. The van der Waals surface area contributed by atoms with Crippen molar-refractivity contribution < 1.29 is 5.11 Å². The minimum absolute atomic E-state index is 0.191. The Morgan fingerprint density at radius 2 is 1.90 bits per heavy atom. The van der Waals surface area contributed by atoms with Crippen LogP contribution in [0.5, 0.6) is 0 Å². The van der Waals surface area contributed by atoms with E-state index in [0.29, 0.717) is 5.41 Å². The summed E-state index contributed by atoms with van der Waals surface area (Å²) >= 11 is 0. The first-order valence-electron chi connectivity index (χ1n) is 3.72. The Kier molecular flexibility index (Phi) is 3.66. The second kappa shape index (κ2) is 3.77. The zero-order chi connectivity index (χ0) is 8.20. The van der Waals surface area contributed by atoms with Gasteiger partial charge in [0.1, 0.15) is 0 Å². The first kappa shape index (κ1) is 9.70. The van der Waals surface area contributed by atoms with Gasteiger partial charge in [-0.15, -0.1) is 0 Å². The number of hydrogen-bond acceptors (Lipinski definition) is 1. The summed E-state index contributed by atoms with van der Waals surface area (Å²) in [6.07, 6.45) is 3.14. The third-order valence-corrected chi connectivity index (χ3v) is 1.31. The topological polar surface area (TPSA) is 20.2 Å². The molecule has 0 aromatic heterocycles. The van der Waals surface area contributed by atoms with E-state index in [4.69, 9.17) is 5.11 Å². The van der Waals surface area contributed by atoms with Gasteiger partial charge in [0.2, 0.25) is 0 Å². The van der Waals surface area contributed by atoms with Gasteiger partial charge in [-0.3, -0.25) is 0 Å². The molecule has 0 atom stereocenters. The second-order valence-electron chi connectivity index (χ2n) is 3.97. The number of hydrogen-bond donors (Lipinski definition) is 1. The molecule has 0 unspecified atom stereocenters. The third kappa shape index (κ3) is 5.83. The maximum Gasteiger partial charge on any atom is 0.0639 e. The number of aliphatic hydroxyl groups is 1. The summed E-state index contributed by atoms with van der Waals surface area (Å²) in [6.45, 7) is 8.71. The van der Waals surface area contributed by atoms with E-state index in [1.807, 2.05) is 6.92 Å². The maximum atomic E-state index is 8.66. The standard InChI is InChI=1S/C9H18O/c1-8(7-10)5-6-9(2,3)4/h5,10H,6-7H2,1-4H3/b8-5-. The van der Waals surface area contributed by atoms with E-state index in [1.165, 1.54) is 0 Å². The Labute approximate surface area is 63.8 Å². The lowest BCUT2D eigenvalue weighted by molar-refractivity contribution is 0.329. The molecule has 0 fully saturated rings. The van der Waals surface area contributed by atoms with Crippen molar-refractivity contribution in [1.29, 1.82) is 0 Å². The van der Waals surface area contributed by atoms with Crippen LogP contribution < -0.4 is 0 Å². The van der Waals surface area contributed by atoms with Gasteiger partial charge in [-0.05, 0) is 18.8 Å². The second-order valence-corrected chi connectivity index (χ2v) is 3.97. The molecular formula is C9H18O. The summed E-state index contributed by atoms with van der Waals surface area (Å²) in [5.41, 5.74) is 1.41. The van der Waals surface area contributed by atoms with Crippen molar-refractivity contribution in [2.45, 2.75) is 34.1 Å². The van der Waals surface area contributed by atoms with Crippen molar-refractivity contribution in [3.05, 3.63) is 11.6 Å². The molecule has 0 aliphatic heterocycles. The zero-order valence-electron chi connectivity index (χ0n) is 7.44. The van der Waals surface area contributed by atoms with Gasteiger partial charge in [-0.2, -0.15) is 0 Å². The van der Waals surface area contributed by atoms with Crippen LogP contribution in [-0.2, 0) is 0 Å². The molecule has 0 rings (SSSR count). The van der Waals surface area contributed by atoms with Crippen molar-refractivity contribution in [1.82, 2.24) is 0 Å². The van der Waals surface area contributed by atoms with Gasteiger partial charge < -0.3 is 5.11 Å². The molecule has 0 bridgehead atoms. The first-order valence-corrected chi connectivity index (χ1v) is 3.72. The predicted octanol–water partition coefficient (Wildman–Crippen LogP) is 2.36. The molecule has 1 N–H and O–H groups in total. The fourth-order valence-corrected chi connectivity index (χ4v) is 0.545. The molecular weight excluding hydrogens is 124 g/mol. The summed E-state index contributed by atoms with van der Waals surface area (Å²) in [4.78, 5) is 0. The van der Waals surface area contributed by atoms with Crippen molar-refractivity contribution in [2.24, 2.45) is 5.41 Å². The number of rotatable bonds is 2. The molecule has 0 aliphatic carbocycles. The first-order chi connectivity index (χ1) is 4.45. The van der Waals surface area contributed by atoms with Crippen LogP contribution in [0.2, 0.25) is 0 Å². The Balaban J connectivity index is 3.73. The molecule has 0 aromatic rings. The van der Waals surface area contributed by atoms with Gasteiger partial charge in [0.15, 0.2) is 0 Å². The quantitative estimate of drug-likeness (QED) is 0.587. The Bertz CT molecular complexity index is 117. The van der Waals surface area contributed by atoms with Crippen molar-refractivity contribution in [3.63, 3.8) is 0 Å². The van der Waals surface area contributed by atoms with Crippen LogP contribution in [0.4, 0.5) is 0 Å². The molecule has 0 aromatic carbocycles. The minimum Gasteiger partial charge on any atom is -0.392 e. The van der Waals surface area contributed by atoms with Crippen LogP contribution in [0.25, 0.3) is 0 Å². The molecule has 0 heterocycles. The predicted molar refractivity (Wildman–Crippen MR) is 44.9 cm³/mol. The molecule has 0 saturated carbocycles. The highest BCUT2D eigenvalue weighted by Gasteiger charge is 2.06. The summed E-state index contributed by atoms with van der Waals surface area (Å²) in [7, 11) is 0. The van der Waals surface area contributed by atoms with E-state index in [-0.39, 0.29) is 6.61 Å². The Hall–Kier alpha value is -0.300. The van der Waals surface area contributed by atoms with Crippen LogP contribution in [0.3, 0.4) is 0 Å². The average molecular weight is 142 g/mol. The zero-order valence-corrected chi connectivity index (χ0v) is 7.44. The third-order valence-electron chi connectivity index (χ3n) is 1.31. The van der Waals surface area contributed by atoms with Gasteiger partial charge in [0, 0.05) is 0 Å². The van der Waals surface area contributed by atoms with E-state index in [2.05, 4.69) is 26.8 Å². The number of allylic oxidation sites excluding steroid dienone is 1. The largest absolute Gasteiger partial charge is 0.392 e. The smallest absolute Gasteiger partial charge is 0.0639 e. The maximum absolute atomic E-state index is 8.66. The van der Waals surface area contributed by atoms with Gasteiger partial charge in [0.05, 0.1) is 6.61 Å². The fraction of sp³-hybridized carbons (Fsp3) is 0.778. The van der Waals surface area contributed by atoms with E-state index >= 15 is 0 Å². The molecule has 0 amide bonds. The highest BCUT2D eigenvalue weighted by molar-refractivity contribution is 4.98. The molecule has 0 spiro atoms. The summed E-state index contributed by atoms with van der Waals surface area (Å²) in [5.74, 6) is 0. The molecule has 10 heavy (non-hydrogen) atoms. The SMILES string of the molecule is C/C(=C/CC(C)(C)C)CO. The molecule has 60 valence electrons. The van der Waals surface area contributed by atoms with E-state index < -0.39 is 0 Å². The van der Waals surface area contributed by atoms with Crippen molar-refractivity contribution >= 4 is 0 Å². The lowest BCUT2D eigenvalue weighted by atomic mass is 9.91. The minimum atomic E-state index is 0.191. The highest BCUT2D eigenvalue weighted by atomic mass is 16.3. The Morgan fingerprint density at radius 1 is 1.40 bits per heavy atom. The fourth-order valence-electron chi connectivity index (χ4n) is 0.545. The van der Waals surface area contributed by atoms with Crippen LogP contribution in [0, 0.1) is 5.41 Å². The van der Waals surface area contributed by atoms with Crippen LogP contribution in [-0.4, -0.2) is 11.7 Å². The molecule has 0 saturated heterocycles. The normalized spacial score (nSPS) is 13.9. The molecule has 0 radical (unpaired) electrons. The lowest BCUT2D eigenvalue weighted by Gasteiger charge is -2.15. The van der Waals surface area contributed by atoms with Gasteiger partial charge in [0.25, 0.3) is 0 Å². The van der Waals surface area contributed by atoms with E-state index in [1.54, 1.807) is 0 Å². The summed E-state index contributed by atoms with van der Waals surface area (Å²) in [6, 6.07) is 0. The Morgan fingerprint density at radius 3 is 2.20 bits per heavy atom. The molecule has 1 heteroatoms. The van der Waals surface area contributed by atoms with Crippen LogP contribution >= 0.6 is 0 Å². The highest BCUT2D eigenvalue weighted by Crippen LogP contribution is 2.19. The van der Waals surface area contributed by atoms with E-state index in [9.17, 15) is 0 Å². The monoisotopic (exact) mass is 142 g/mol. The average Bonchev–Trinajstić information content (AvgIpc) is 1.81. The number of aliphatic hydroxyl groups excluding tert-OH is 1. The van der Waals surface area contributed by atoms with Gasteiger partial charge in [-0.1, -0.05) is 32.4 Å². The van der Waals surface area contributed by atoms with Crippen LogP contribution in [0.15, 0.2) is 11.6 Å². The summed E-state index contributed by atoms with van der Waals surface area (Å²) in [5, 5.41) is 8.66. The van der Waals surface area contributed by atoms with Gasteiger partial charge in [-0.25, -0.2) is 0 Å². The van der Waals surface area contributed by atoms with Crippen LogP contribution in [0.1, 0.15) is 34.1 Å². The van der Waals surface area contributed by atoms with Crippen molar-refractivity contribution in [3.8, 4) is 0 Å². The van der Waals surface area contributed by atoms with Crippen molar-refractivity contribution in [2.75, 3.05) is 6.61 Å². The molecule has 1 nitrogen and oxygen atoms in total.